The smallest absolute Gasteiger partial charge is 0.159 e. The number of phenolic OH excluding ortho intramolecular Hbond substituents is 2. The average Bonchev–Trinajstić information content (AvgIpc) is 2.48. The molecule has 2 N–H and O–H groups in total. The fourth-order valence-corrected chi connectivity index (χ4v) is 1.81. The third kappa shape index (κ3) is 1.66. The quantitative estimate of drug-likeness (QED) is 0.759. The molecule has 0 radical (unpaired) electrons. The van der Waals surface area contributed by atoms with Crippen LogP contribution in [0.2, 0.25) is 0 Å². The van der Waals surface area contributed by atoms with E-state index in [1.54, 1.807) is 12.1 Å². The molecule has 1 aromatic carbocycles. The molecule has 4 heteroatoms. The predicted molar refractivity (Wildman–Crippen MR) is 61.7 cm³/mol. The first-order valence-electron chi connectivity index (χ1n) is 4.52. The maximum atomic E-state index is 9.32. The lowest BCUT2D eigenvalue weighted by Crippen LogP contribution is -2.18. The van der Waals surface area contributed by atoms with Gasteiger partial charge in [-0.15, -0.1) is 17.0 Å². The summed E-state index contributed by atoms with van der Waals surface area (Å²) >= 11 is 0. The zero-order valence-electron chi connectivity index (χ0n) is 8.03. The van der Waals surface area contributed by atoms with Crippen LogP contribution in [0.4, 0.5) is 5.69 Å². The van der Waals surface area contributed by atoms with Gasteiger partial charge in [0.2, 0.25) is 0 Å². The Morgan fingerprint density at radius 2 is 1.93 bits per heavy atom. The van der Waals surface area contributed by atoms with E-state index >= 15 is 0 Å². The fourth-order valence-electron chi connectivity index (χ4n) is 1.81. The van der Waals surface area contributed by atoms with E-state index < -0.39 is 0 Å². The van der Waals surface area contributed by atoms with Crippen molar-refractivity contribution in [3.8, 4) is 11.5 Å². The Morgan fingerprint density at radius 3 is 2.57 bits per heavy atom. The largest absolute Gasteiger partial charge is 0.504 e. The fraction of sp³-hybridized carbons (Fsp3) is 0.400. The Labute approximate surface area is 93.7 Å². The number of aromatic hydroxyl groups is 2. The van der Waals surface area contributed by atoms with Gasteiger partial charge in [0.05, 0.1) is 0 Å². The summed E-state index contributed by atoms with van der Waals surface area (Å²) in [5, 5.41) is 18.6. The second-order valence-corrected chi connectivity index (χ2v) is 3.30. The Bertz CT molecular complexity index is 341. The van der Waals surface area contributed by atoms with Gasteiger partial charge in [-0.2, -0.15) is 0 Å². The second kappa shape index (κ2) is 4.09. The van der Waals surface area contributed by atoms with Crippen molar-refractivity contribution in [2.45, 2.75) is 13.3 Å². The average molecular weight is 260 g/mol. The van der Waals surface area contributed by atoms with Crippen LogP contribution in [0.1, 0.15) is 12.5 Å². The topological polar surface area (TPSA) is 43.7 Å². The number of phenols is 2. The molecule has 0 saturated carbocycles. The summed E-state index contributed by atoms with van der Waals surface area (Å²) in [6.07, 6.45) is 0.955. The van der Waals surface area contributed by atoms with Gasteiger partial charge in [-0.1, -0.05) is 0 Å². The van der Waals surface area contributed by atoms with Gasteiger partial charge >= 0.3 is 0 Å². The molecule has 1 heterocycles. The number of hydrogen-bond donors (Lipinski definition) is 2. The molecule has 1 aromatic rings. The molecule has 0 bridgehead atoms. The van der Waals surface area contributed by atoms with E-state index in [1.807, 2.05) is 0 Å². The molecule has 0 aromatic heterocycles. The minimum atomic E-state index is -0.0286. The van der Waals surface area contributed by atoms with Gasteiger partial charge in [0, 0.05) is 24.8 Å². The van der Waals surface area contributed by atoms with Gasteiger partial charge in [-0.3, -0.25) is 0 Å². The summed E-state index contributed by atoms with van der Waals surface area (Å²) in [5.74, 6) is -0.0456. The van der Waals surface area contributed by atoms with E-state index in [2.05, 4.69) is 11.8 Å². The monoisotopic (exact) mass is 259 g/mol. The lowest BCUT2D eigenvalue weighted by atomic mass is 10.1. The van der Waals surface area contributed by atoms with Crippen LogP contribution >= 0.6 is 17.0 Å². The van der Waals surface area contributed by atoms with Gasteiger partial charge in [-0.25, -0.2) is 0 Å². The van der Waals surface area contributed by atoms with Crippen molar-refractivity contribution in [3.05, 3.63) is 17.7 Å². The molecule has 2 rings (SSSR count). The molecule has 0 aliphatic carbocycles. The molecular weight excluding hydrogens is 246 g/mol. The lowest BCUT2D eigenvalue weighted by molar-refractivity contribution is 0.403. The number of nitrogens with zero attached hydrogens (tertiary/aromatic N) is 1. The van der Waals surface area contributed by atoms with Crippen molar-refractivity contribution in [1.29, 1.82) is 0 Å². The number of benzene rings is 1. The van der Waals surface area contributed by atoms with Crippen molar-refractivity contribution >= 4 is 22.7 Å². The van der Waals surface area contributed by atoms with E-state index in [-0.39, 0.29) is 28.5 Å². The molecule has 14 heavy (non-hydrogen) atoms. The van der Waals surface area contributed by atoms with Crippen LogP contribution < -0.4 is 4.90 Å². The maximum Gasteiger partial charge on any atom is 0.159 e. The number of rotatable bonds is 1. The van der Waals surface area contributed by atoms with Crippen LogP contribution in [0, 0.1) is 0 Å². The molecule has 0 unspecified atom stereocenters. The maximum absolute atomic E-state index is 9.32. The first-order chi connectivity index (χ1) is 6.22. The Balaban J connectivity index is 0.000000980. The third-order valence-electron chi connectivity index (χ3n) is 2.55. The van der Waals surface area contributed by atoms with Crippen molar-refractivity contribution in [1.82, 2.24) is 0 Å². The first-order valence-corrected chi connectivity index (χ1v) is 4.52. The Hall–Kier alpha value is -0.900. The van der Waals surface area contributed by atoms with Crippen LogP contribution in [-0.2, 0) is 6.42 Å². The van der Waals surface area contributed by atoms with Gasteiger partial charge in [0.15, 0.2) is 11.5 Å². The summed E-state index contributed by atoms with van der Waals surface area (Å²) in [4.78, 5) is 2.19. The van der Waals surface area contributed by atoms with Crippen LogP contribution in [0.15, 0.2) is 12.1 Å². The summed E-state index contributed by atoms with van der Waals surface area (Å²) < 4.78 is 0. The molecule has 0 spiro atoms. The number of fused-ring (bicyclic) bond motifs is 1. The van der Waals surface area contributed by atoms with Gasteiger partial charge in [0.1, 0.15) is 0 Å². The van der Waals surface area contributed by atoms with Crippen LogP contribution in [-0.4, -0.2) is 23.3 Å². The summed E-state index contributed by atoms with van der Waals surface area (Å²) in [7, 11) is 0. The molecule has 78 valence electrons. The Kier molecular flexibility index (Phi) is 3.26. The third-order valence-corrected chi connectivity index (χ3v) is 2.55. The van der Waals surface area contributed by atoms with Gasteiger partial charge in [0.25, 0.3) is 0 Å². The molecular formula is C10H14BrNO2. The highest BCUT2D eigenvalue weighted by Crippen LogP contribution is 2.36. The first kappa shape index (κ1) is 11.2. The molecule has 0 atom stereocenters. The van der Waals surface area contributed by atoms with Crippen molar-refractivity contribution in [2.75, 3.05) is 18.0 Å². The van der Waals surface area contributed by atoms with E-state index in [9.17, 15) is 10.2 Å². The van der Waals surface area contributed by atoms with E-state index in [0.717, 1.165) is 30.8 Å². The van der Waals surface area contributed by atoms with Gasteiger partial charge < -0.3 is 15.1 Å². The SMILES string of the molecule is Br.CCN1CCc2cc(O)c(O)cc21. The molecule has 1 aliphatic rings. The summed E-state index contributed by atoms with van der Waals surface area (Å²) in [5.41, 5.74) is 2.18. The number of anilines is 1. The molecule has 1 aliphatic heterocycles. The standard InChI is InChI=1S/C10H13NO2.BrH/c1-2-11-4-3-7-5-9(12)10(13)6-8(7)11;/h5-6,12-13H,2-4H2,1H3;1H. The van der Waals surface area contributed by atoms with Crippen LogP contribution in [0.25, 0.3) is 0 Å². The van der Waals surface area contributed by atoms with Crippen LogP contribution in [0.5, 0.6) is 11.5 Å². The van der Waals surface area contributed by atoms with E-state index in [1.165, 1.54) is 0 Å². The number of halogens is 1. The molecule has 0 amide bonds. The molecule has 0 saturated heterocycles. The molecule has 3 nitrogen and oxygen atoms in total. The minimum absolute atomic E-state index is 0. The van der Waals surface area contributed by atoms with Crippen molar-refractivity contribution < 1.29 is 10.2 Å². The van der Waals surface area contributed by atoms with Crippen molar-refractivity contribution in [3.63, 3.8) is 0 Å². The number of hydrogen-bond acceptors (Lipinski definition) is 3. The van der Waals surface area contributed by atoms with Crippen LogP contribution in [0.3, 0.4) is 0 Å². The highest BCUT2D eigenvalue weighted by atomic mass is 79.9. The number of likely N-dealkylation sites (N-methyl/N-ethyl adjacent to an activating group) is 1. The highest BCUT2D eigenvalue weighted by Gasteiger charge is 2.19. The zero-order chi connectivity index (χ0) is 9.42. The summed E-state index contributed by atoms with van der Waals surface area (Å²) in [6.45, 7) is 4.00. The normalized spacial score (nSPS) is 13.6. The highest BCUT2D eigenvalue weighted by molar-refractivity contribution is 8.93. The van der Waals surface area contributed by atoms with Crippen molar-refractivity contribution in [2.24, 2.45) is 0 Å². The summed E-state index contributed by atoms with van der Waals surface area (Å²) in [6, 6.07) is 3.29. The van der Waals surface area contributed by atoms with E-state index in [4.69, 9.17) is 0 Å². The zero-order valence-corrected chi connectivity index (χ0v) is 9.74. The minimum Gasteiger partial charge on any atom is -0.504 e. The molecule has 0 fully saturated rings. The van der Waals surface area contributed by atoms with Gasteiger partial charge in [-0.05, 0) is 25.0 Å². The second-order valence-electron chi connectivity index (χ2n) is 3.30. The van der Waals surface area contributed by atoms with E-state index in [0.29, 0.717) is 0 Å². The Morgan fingerprint density at radius 1 is 1.29 bits per heavy atom. The predicted octanol–water partition coefficient (Wildman–Crippen LogP) is 2.06. The lowest BCUT2D eigenvalue weighted by Gasteiger charge is -2.16.